The van der Waals surface area contributed by atoms with Crippen molar-refractivity contribution in [3.05, 3.63) is 53.6 Å². The number of amides is 4. The number of aliphatic hydroxyl groups excluding tert-OH is 2. The molecule has 12 nitrogen and oxygen atoms in total. The number of aliphatic hydroxyl groups is 2. The zero-order valence-electron chi connectivity index (χ0n) is 21.6. The average Bonchev–Trinajstić information content (AvgIpc) is 3.33. The molecule has 4 amide bonds. The average molecular weight is 541 g/mol. The van der Waals surface area contributed by atoms with Gasteiger partial charge in [-0.1, -0.05) is 12.1 Å². The maximum atomic E-state index is 13.3. The van der Waals surface area contributed by atoms with Crippen molar-refractivity contribution in [2.45, 2.75) is 57.0 Å². The number of β-amino-alcohol motifs (C(OH)–C–C–N with tert-alkyl or cyclic N) is 1. The third-order valence-corrected chi connectivity index (χ3v) is 6.70. The van der Waals surface area contributed by atoms with Gasteiger partial charge in [-0.2, -0.15) is 0 Å². The fraction of sp³-hybridized carbons (Fsp3) is 0.407. The van der Waals surface area contributed by atoms with Crippen molar-refractivity contribution in [2.24, 2.45) is 0 Å². The van der Waals surface area contributed by atoms with Gasteiger partial charge in [0, 0.05) is 19.5 Å². The Morgan fingerprint density at radius 2 is 1.72 bits per heavy atom. The van der Waals surface area contributed by atoms with E-state index in [4.69, 9.17) is 4.74 Å². The van der Waals surface area contributed by atoms with Crippen LogP contribution in [0.2, 0.25) is 0 Å². The summed E-state index contributed by atoms with van der Waals surface area (Å²) in [6.07, 6.45) is -1.39. The summed E-state index contributed by atoms with van der Waals surface area (Å²) in [7, 11) is 0. The molecule has 2 aromatic rings. The van der Waals surface area contributed by atoms with Crippen molar-refractivity contribution in [1.82, 2.24) is 20.9 Å². The van der Waals surface area contributed by atoms with Gasteiger partial charge >= 0.3 is 0 Å². The summed E-state index contributed by atoms with van der Waals surface area (Å²) in [4.78, 5) is 53.7. The normalized spacial score (nSPS) is 25.0. The number of nitrogens with zero attached hydrogens (tertiary/aromatic N) is 1. The molecule has 4 bridgehead atoms. The maximum Gasteiger partial charge on any atom is 0.255 e. The van der Waals surface area contributed by atoms with E-state index < -0.39 is 48.1 Å². The van der Waals surface area contributed by atoms with Gasteiger partial charge in [0.1, 0.15) is 35.4 Å². The van der Waals surface area contributed by atoms with E-state index in [1.807, 2.05) is 0 Å². The molecule has 0 radical (unpaired) electrons. The summed E-state index contributed by atoms with van der Waals surface area (Å²) < 4.78 is 5.82. The van der Waals surface area contributed by atoms with Gasteiger partial charge in [0.2, 0.25) is 17.7 Å². The molecule has 5 rings (SSSR count). The molecule has 0 spiro atoms. The van der Waals surface area contributed by atoms with Crippen LogP contribution in [0, 0.1) is 0 Å². The highest BCUT2D eigenvalue weighted by Gasteiger charge is 2.34. The van der Waals surface area contributed by atoms with Gasteiger partial charge in [-0.25, -0.2) is 0 Å². The van der Waals surface area contributed by atoms with Crippen LogP contribution in [0.1, 0.15) is 36.2 Å². The van der Waals surface area contributed by atoms with Crippen LogP contribution < -0.4 is 20.7 Å². The zero-order chi connectivity index (χ0) is 28.3. The Hall–Kier alpha value is -4.16. The number of ether oxygens (including phenoxy) is 1. The standard InChI is InChI=1S/C27H32N4O8/c1-14-24(35)29-21(27(38)31-10-9-17(33)13-31)11-16-3-5-18(6-4-16)39-19-7-8-22(34)20(12-19)25(36)30-23(15(2)32)26(37)28-14/h3-8,12,14-15,17,21,23,32-34H,9-11,13H2,1-2H3,(H,28,37)(H,29,35)(H,30,36)/t14-,15+,17-,21-,23-/m0/s1. The smallest absolute Gasteiger partial charge is 0.255 e. The first kappa shape index (κ1) is 27.9. The Morgan fingerprint density at radius 3 is 2.36 bits per heavy atom. The van der Waals surface area contributed by atoms with E-state index in [1.165, 1.54) is 36.9 Å². The first-order chi connectivity index (χ1) is 18.5. The molecule has 208 valence electrons. The number of phenols is 1. The zero-order valence-corrected chi connectivity index (χ0v) is 21.6. The lowest BCUT2D eigenvalue weighted by Crippen LogP contribution is -2.58. The van der Waals surface area contributed by atoms with Crippen LogP contribution >= 0.6 is 0 Å². The predicted molar refractivity (Wildman–Crippen MR) is 138 cm³/mol. The predicted octanol–water partition coefficient (Wildman–Crippen LogP) is -0.197. The fourth-order valence-electron chi connectivity index (χ4n) is 4.48. The number of hydrogen-bond acceptors (Lipinski definition) is 8. The van der Waals surface area contributed by atoms with E-state index in [1.54, 1.807) is 24.3 Å². The summed E-state index contributed by atoms with van der Waals surface area (Å²) in [5.41, 5.74) is 0.543. The second-order valence-corrected chi connectivity index (χ2v) is 9.84. The molecule has 39 heavy (non-hydrogen) atoms. The number of nitrogens with one attached hydrogen (secondary N) is 3. The molecule has 3 aliphatic rings. The molecule has 0 aromatic heterocycles. The summed E-state index contributed by atoms with van der Waals surface area (Å²) in [5.74, 6) is -2.39. The number of carbonyl (C=O) groups is 4. The molecule has 3 heterocycles. The number of rotatable bonds is 2. The topological polar surface area (TPSA) is 178 Å². The highest BCUT2D eigenvalue weighted by Crippen LogP contribution is 2.28. The lowest BCUT2D eigenvalue weighted by molar-refractivity contribution is -0.137. The molecule has 1 saturated heterocycles. The highest BCUT2D eigenvalue weighted by atomic mass is 16.5. The number of phenolic OH excluding ortho intramolecular Hbond substituents is 1. The highest BCUT2D eigenvalue weighted by molar-refractivity contribution is 6.00. The van der Waals surface area contributed by atoms with Crippen molar-refractivity contribution >= 4 is 23.6 Å². The van der Waals surface area contributed by atoms with Crippen molar-refractivity contribution in [3.63, 3.8) is 0 Å². The van der Waals surface area contributed by atoms with E-state index in [2.05, 4.69) is 16.0 Å². The van der Waals surface area contributed by atoms with Gasteiger partial charge < -0.3 is 40.9 Å². The van der Waals surface area contributed by atoms with E-state index >= 15 is 0 Å². The Bertz CT molecular complexity index is 1250. The number of carbonyl (C=O) groups excluding carboxylic acids is 4. The first-order valence-corrected chi connectivity index (χ1v) is 12.7. The van der Waals surface area contributed by atoms with E-state index in [0.29, 0.717) is 18.7 Å². The SMILES string of the molecule is C[C@@H]1NC(=O)[C@H]([C@@H](C)O)NC(=O)c2cc(ccc2O)Oc2ccc(cc2)C[C@@H](C(=O)N2CC[C@H](O)C2)NC1=O. The first-order valence-electron chi connectivity index (χ1n) is 12.7. The Labute approximate surface area is 225 Å². The largest absolute Gasteiger partial charge is 0.507 e. The molecule has 0 saturated carbocycles. The molecule has 12 heteroatoms. The van der Waals surface area contributed by atoms with Crippen molar-refractivity contribution in [2.75, 3.05) is 13.1 Å². The van der Waals surface area contributed by atoms with Crippen LogP contribution in [-0.4, -0.2) is 87.3 Å². The van der Waals surface area contributed by atoms with Crippen LogP contribution in [0.4, 0.5) is 0 Å². The van der Waals surface area contributed by atoms with Gasteiger partial charge in [-0.15, -0.1) is 0 Å². The van der Waals surface area contributed by atoms with Crippen molar-refractivity contribution in [3.8, 4) is 17.2 Å². The fourth-order valence-corrected chi connectivity index (χ4v) is 4.48. The maximum absolute atomic E-state index is 13.3. The van der Waals surface area contributed by atoms with Crippen molar-refractivity contribution < 1.29 is 39.2 Å². The second-order valence-electron chi connectivity index (χ2n) is 9.84. The molecule has 0 unspecified atom stereocenters. The lowest BCUT2D eigenvalue weighted by Gasteiger charge is -2.27. The van der Waals surface area contributed by atoms with E-state index in [9.17, 15) is 34.5 Å². The molecule has 6 N–H and O–H groups in total. The molecule has 3 aliphatic heterocycles. The van der Waals surface area contributed by atoms with Crippen LogP contribution in [-0.2, 0) is 20.8 Å². The molecule has 0 aliphatic carbocycles. The molecule has 2 aromatic carbocycles. The summed E-state index contributed by atoms with van der Waals surface area (Å²) in [5, 5.41) is 37.9. The Balaban J connectivity index is 1.68. The number of benzene rings is 2. The summed E-state index contributed by atoms with van der Waals surface area (Å²) in [6, 6.07) is 7.29. The minimum absolute atomic E-state index is 0.147. The van der Waals surface area contributed by atoms with E-state index in [-0.39, 0.29) is 35.9 Å². The quantitative estimate of drug-likeness (QED) is 0.284. The molecular formula is C27H32N4O8. The van der Waals surface area contributed by atoms with Crippen LogP contribution in [0.25, 0.3) is 0 Å². The Morgan fingerprint density at radius 1 is 1.03 bits per heavy atom. The van der Waals surface area contributed by atoms with Crippen LogP contribution in [0.15, 0.2) is 42.5 Å². The number of likely N-dealkylation sites (tertiary alicyclic amines) is 1. The monoisotopic (exact) mass is 540 g/mol. The number of fused-ring (bicyclic) bond motifs is 11. The van der Waals surface area contributed by atoms with Gasteiger partial charge in [0.25, 0.3) is 5.91 Å². The van der Waals surface area contributed by atoms with Crippen LogP contribution in [0.5, 0.6) is 17.2 Å². The summed E-state index contributed by atoms with van der Waals surface area (Å²) in [6.45, 7) is 3.22. The number of hydrogen-bond donors (Lipinski definition) is 6. The molecular weight excluding hydrogens is 508 g/mol. The van der Waals surface area contributed by atoms with Gasteiger partial charge in [0.05, 0.1) is 17.8 Å². The number of aromatic hydroxyl groups is 1. The van der Waals surface area contributed by atoms with E-state index in [0.717, 1.165) is 5.56 Å². The van der Waals surface area contributed by atoms with Gasteiger partial charge in [0.15, 0.2) is 0 Å². The minimum Gasteiger partial charge on any atom is -0.507 e. The van der Waals surface area contributed by atoms with Gasteiger partial charge in [-0.3, -0.25) is 19.2 Å². The van der Waals surface area contributed by atoms with Crippen LogP contribution in [0.3, 0.4) is 0 Å². The summed E-state index contributed by atoms with van der Waals surface area (Å²) >= 11 is 0. The van der Waals surface area contributed by atoms with Crippen molar-refractivity contribution in [1.29, 1.82) is 0 Å². The second kappa shape index (κ2) is 11.7. The lowest BCUT2D eigenvalue weighted by atomic mass is 10.0. The Kier molecular flexibility index (Phi) is 8.36. The van der Waals surface area contributed by atoms with Gasteiger partial charge in [-0.05, 0) is 56.2 Å². The third-order valence-electron chi connectivity index (χ3n) is 6.70. The molecule has 5 atom stereocenters. The minimum atomic E-state index is -1.45. The third kappa shape index (κ3) is 6.65. The molecule has 1 fully saturated rings.